The maximum atomic E-state index is 12.2. The van der Waals surface area contributed by atoms with Crippen LogP contribution in [0.15, 0.2) is 40.2 Å². The molecule has 1 aromatic heterocycles. The molecule has 0 saturated carbocycles. The van der Waals surface area contributed by atoms with Gasteiger partial charge in [-0.15, -0.1) is 11.3 Å². The largest absolute Gasteiger partial charge is 0.464 e. The number of thiophene rings is 1. The molecule has 1 N–H and O–H groups in total. The van der Waals surface area contributed by atoms with Crippen LogP contribution in [0.4, 0.5) is 5.69 Å². The van der Waals surface area contributed by atoms with E-state index >= 15 is 0 Å². The Hall–Kier alpha value is -1.33. The fourth-order valence-corrected chi connectivity index (χ4v) is 3.31. The third-order valence-corrected chi connectivity index (χ3v) is 4.53. The van der Waals surface area contributed by atoms with Crippen LogP contribution in [0.1, 0.15) is 23.4 Å². The molecule has 5 heteroatoms. The highest BCUT2D eigenvalue weighted by Gasteiger charge is 2.24. The topological polar surface area (TPSA) is 38.3 Å². The number of aryl methyl sites for hydroxylation is 1. The molecular weight excluding hydrogens is 338 g/mol. The van der Waals surface area contributed by atoms with Gasteiger partial charge in [0.15, 0.2) is 6.04 Å². The van der Waals surface area contributed by atoms with E-state index in [1.165, 1.54) is 11.3 Å². The number of halogens is 1. The van der Waals surface area contributed by atoms with Gasteiger partial charge in [-0.2, -0.15) is 0 Å². The van der Waals surface area contributed by atoms with Gasteiger partial charge in [-0.05, 0) is 53.5 Å². The standard InChI is InChI=1S/C15H16BrNO2S/c1-3-19-15(18)14(12-8-9-13(16)20-12)17-11-7-5-4-6-10(11)2/h4-9,14,17H,3H2,1-2H3. The summed E-state index contributed by atoms with van der Waals surface area (Å²) in [4.78, 5) is 13.1. The minimum absolute atomic E-state index is 0.259. The SMILES string of the molecule is CCOC(=O)C(Nc1ccccc1C)c1ccc(Br)s1. The minimum Gasteiger partial charge on any atom is -0.464 e. The maximum absolute atomic E-state index is 12.2. The molecule has 0 amide bonds. The fourth-order valence-electron chi connectivity index (χ4n) is 1.85. The van der Waals surface area contributed by atoms with Gasteiger partial charge in [-0.1, -0.05) is 18.2 Å². The van der Waals surface area contributed by atoms with Crippen molar-refractivity contribution in [2.24, 2.45) is 0 Å². The Morgan fingerprint density at radius 3 is 2.70 bits per heavy atom. The van der Waals surface area contributed by atoms with Crippen LogP contribution < -0.4 is 5.32 Å². The Bertz CT molecular complexity index is 597. The molecule has 2 rings (SSSR count). The normalized spacial score (nSPS) is 11.9. The van der Waals surface area contributed by atoms with Gasteiger partial charge in [0.25, 0.3) is 0 Å². The minimum atomic E-state index is -0.479. The van der Waals surface area contributed by atoms with Crippen LogP contribution in [0.5, 0.6) is 0 Å². The molecule has 0 aliphatic heterocycles. The second-order valence-corrected chi connectivity index (χ2v) is 6.78. The molecule has 0 spiro atoms. The lowest BCUT2D eigenvalue weighted by Crippen LogP contribution is -2.22. The number of para-hydroxylation sites is 1. The van der Waals surface area contributed by atoms with E-state index < -0.39 is 6.04 Å². The van der Waals surface area contributed by atoms with Gasteiger partial charge in [0.1, 0.15) is 0 Å². The van der Waals surface area contributed by atoms with Gasteiger partial charge < -0.3 is 10.1 Å². The van der Waals surface area contributed by atoms with Crippen molar-refractivity contribution in [1.29, 1.82) is 0 Å². The van der Waals surface area contributed by atoms with Crippen LogP contribution in [0.3, 0.4) is 0 Å². The lowest BCUT2D eigenvalue weighted by Gasteiger charge is -2.18. The molecule has 106 valence electrons. The van der Waals surface area contributed by atoms with Crippen molar-refractivity contribution in [3.63, 3.8) is 0 Å². The lowest BCUT2D eigenvalue weighted by molar-refractivity contribution is -0.144. The van der Waals surface area contributed by atoms with Gasteiger partial charge in [-0.25, -0.2) is 4.79 Å². The molecule has 1 aromatic carbocycles. The van der Waals surface area contributed by atoms with Crippen molar-refractivity contribution in [2.45, 2.75) is 19.9 Å². The molecule has 1 heterocycles. The average Bonchev–Trinajstić information content (AvgIpc) is 2.84. The molecule has 0 saturated heterocycles. The lowest BCUT2D eigenvalue weighted by atomic mass is 10.1. The molecule has 2 aromatic rings. The van der Waals surface area contributed by atoms with Crippen molar-refractivity contribution in [3.05, 3.63) is 50.6 Å². The molecule has 0 fully saturated rings. The summed E-state index contributed by atoms with van der Waals surface area (Å²) in [5.74, 6) is -0.259. The first kappa shape index (κ1) is 15.1. The zero-order valence-electron chi connectivity index (χ0n) is 11.4. The van der Waals surface area contributed by atoms with Crippen LogP contribution in [0.25, 0.3) is 0 Å². The quantitative estimate of drug-likeness (QED) is 0.802. The second kappa shape index (κ2) is 6.90. The van der Waals surface area contributed by atoms with E-state index in [1.54, 1.807) is 0 Å². The number of benzene rings is 1. The summed E-state index contributed by atoms with van der Waals surface area (Å²) in [7, 11) is 0. The van der Waals surface area contributed by atoms with Crippen molar-refractivity contribution in [3.8, 4) is 0 Å². The Morgan fingerprint density at radius 1 is 1.35 bits per heavy atom. The fraction of sp³-hybridized carbons (Fsp3) is 0.267. The van der Waals surface area contributed by atoms with Crippen molar-refractivity contribution >= 4 is 38.9 Å². The molecule has 0 aliphatic carbocycles. The van der Waals surface area contributed by atoms with Crippen LogP contribution in [-0.2, 0) is 9.53 Å². The second-order valence-electron chi connectivity index (χ2n) is 4.29. The van der Waals surface area contributed by atoms with Gasteiger partial charge in [0.2, 0.25) is 0 Å². The summed E-state index contributed by atoms with van der Waals surface area (Å²) >= 11 is 4.96. The van der Waals surface area contributed by atoms with Crippen molar-refractivity contribution in [2.75, 3.05) is 11.9 Å². The number of rotatable bonds is 5. The average molecular weight is 354 g/mol. The number of ether oxygens (including phenoxy) is 1. The van der Waals surface area contributed by atoms with E-state index in [9.17, 15) is 4.79 Å². The molecular formula is C15H16BrNO2S. The van der Waals surface area contributed by atoms with Crippen molar-refractivity contribution in [1.82, 2.24) is 0 Å². The van der Waals surface area contributed by atoms with Gasteiger partial charge in [0.05, 0.1) is 10.4 Å². The Kier molecular flexibility index (Phi) is 5.20. The summed E-state index contributed by atoms with van der Waals surface area (Å²) in [6.07, 6.45) is 0. The third-order valence-electron chi connectivity index (χ3n) is 2.85. The first-order chi connectivity index (χ1) is 9.61. The number of anilines is 1. The monoisotopic (exact) mass is 353 g/mol. The summed E-state index contributed by atoms with van der Waals surface area (Å²) in [6.45, 7) is 4.19. The van der Waals surface area contributed by atoms with E-state index in [-0.39, 0.29) is 5.97 Å². The Balaban J connectivity index is 2.27. The smallest absolute Gasteiger partial charge is 0.334 e. The summed E-state index contributed by atoms with van der Waals surface area (Å²) in [6, 6.07) is 11.3. The molecule has 1 unspecified atom stereocenters. The number of carbonyl (C=O) groups is 1. The highest BCUT2D eigenvalue weighted by atomic mass is 79.9. The van der Waals surface area contributed by atoms with Gasteiger partial charge in [-0.3, -0.25) is 0 Å². The molecule has 0 aliphatic rings. The van der Waals surface area contributed by atoms with E-state index in [1.807, 2.05) is 50.2 Å². The summed E-state index contributed by atoms with van der Waals surface area (Å²) in [5.41, 5.74) is 2.03. The number of carbonyl (C=O) groups excluding carboxylic acids is 1. The predicted molar refractivity (Wildman–Crippen MR) is 86.2 cm³/mol. The molecule has 20 heavy (non-hydrogen) atoms. The zero-order valence-corrected chi connectivity index (χ0v) is 13.8. The molecule has 1 atom stereocenters. The van der Waals surface area contributed by atoms with Crippen LogP contribution >= 0.6 is 27.3 Å². The van der Waals surface area contributed by atoms with E-state index in [0.717, 1.165) is 19.9 Å². The number of hydrogen-bond donors (Lipinski definition) is 1. The number of hydrogen-bond acceptors (Lipinski definition) is 4. The van der Waals surface area contributed by atoms with Gasteiger partial charge in [0, 0.05) is 10.6 Å². The molecule has 3 nitrogen and oxygen atoms in total. The predicted octanol–water partition coefficient (Wildman–Crippen LogP) is 4.54. The van der Waals surface area contributed by atoms with E-state index in [0.29, 0.717) is 6.61 Å². The zero-order chi connectivity index (χ0) is 14.5. The number of nitrogens with one attached hydrogen (secondary N) is 1. The summed E-state index contributed by atoms with van der Waals surface area (Å²) in [5, 5.41) is 3.28. The number of esters is 1. The maximum Gasteiger partial charge on any atom is 0.334 e. The highest BCUT2D eigenvalue weighted by Crippen LogP contribution is 2.31. The Labute approximate surface area is 131 Å². The van der Waals surface area contributed by atoms with E-state index in [2.05, 4.69) is 21.2 Å². The Morgan fingerprint density at radius 2 is 2.10 bits per heavy atom. The van der Waals surface area contributed by atoms with E-state index in [4.69, 9.17) is 4.74 Å². The van der Waals surface area contributed by atoms with Crippen LogP contribution in [-0.4, -0.2) is 12.6 Å². The summed E-state index contributed by atoms with van der Waals surface area (Å²) < 4.78 is 6.16. The third kappa shape index (κ3) is 3.61. The molecule has 0 bridgehead atoms. The first-order valence-electron chi connectivity index (χ1n) is 6.36. The van der Waals surface area contributed by atoms with Crippen LogP contribution in [0.2, 0.25) is 0 Å². The van der Waals surface area contributed by atoms with Gasteiger partial charge >= 0.3 is 5.97 Å². The molecule has 0 radical (unpaired) electrons. The first-order valence-corrected chi connectivity index (χ1v) is 7.96. The van der Waals surface area contributed by atoms with Crippen LogP contribution in [0, 0.1) is 6.92 Å². The highest BCUT2D eigenvalue weighted by molar-refractivity contribution is 9.11. The van der Waals surface area contributed by atoms with Crippen molar-refractivity contribution < 1.29 is 9.53 Å².